The molecule has 0 unspecified atom stereocenters. The molecule has 2 aliphatic rings. The summed E-state index contributed by atoms with van der Waals surface area (Å²) in [5, 5.41) is 23.7. The monoisotopic (exact) mass is 479 g/mol. The SMILES string of the molecule is CC(C)C[C@@H](c1nnnn1Cc1ccc2c(c1)OCO2)N1CCN(c2ccc([N+](=O)[O-])cc2)CC1. The Morgan fingerprint density at radius 3 is 2.49 bits per heavy atom. The highest BCUT2D eigenvalue weighted by Crippen LogP contribution is 2.33. The van der Waals surface area contributed by atoms with E-state index in [0.29, 0.717) is 12.5 Å². The highest BCUT2D eigenvalue weighted by molar-refractivity contribution is 5.51. The largest absolute Gasteiger partial charge is 0.454 e. The van der Waals surface area contributed by atoms with Gasteiger partial charge in [-0.15, -0.1) is 5.10 Å². The van der Waals surface area contributed by atoms with Crippen LogP contribution in [0.4, 0.5) is 11.4 Å². The zero-order valence-electron chi connectivity index (χ0n) is 19.9. The van der Waals surface area contributed by atoms with Crippen LogP contribution < -0.4 is 14.4 Å². The van der Waals surface area contributed by atoms with E-state index in [2.05, 4.69) is 39.2 Å². The number of non-ortho nitro benzene ring substituents is 1. The van der Waals surface area contributed by atoms with E-state index in [1.165, 1.54) is 0 Å². The van der Waals surface area contributed by atoms with Crippen LogP contribution in [0.5, 0.6) is 11.5 Å². The number of rotatable bonds is 8. The van der Waals surface area contributed by atoms with Gasteiger partial charge in [-0.05, 0) is 52.6 Å². The molecule has 0 amide bonds. The van der Waals surface area contributed by atoms with Gasteiger partial charge in [0, 0.05) is 44.0 Å². The van der Waals surface area contributed by atoms with Gasteiger partial charge in [0.2, 0.25) is 6.79 Å². The second-order valence-corrected chi connectivity index (χ2v) is 9.32. The van der Waals surface area contributed by atoms with Crippen LogP contribution in [-0.2, 0) is 6.54 Å². The molecule has 184 valence electrons. The van der Waals surface area contributed by atoms with Crippen molar-refractivity contribution in [3.8, 4) is 11.5 Å². The molecule has 2 aliphatic heterocycles. The third-order valence-electron chi connectivity index (χ3n) is 6.50. The molecule has 11 heteroatoms. The first kappa shape index (κ1) is 23.0. The van der Waals surface area contributed by atoms with Crippen LogP contribution in [0.2, 0.25) is 0 Å². The maximum absolute atomic E-state index is 11.0. The number of nitro groups is 1. The number of hydrogen-bond acceptors (Lipinski definition) is 9. The number of tetrazole rings is 1. The maximum Gasteiger partial charge on any atom is 0.269 e. The minimum atomic E-state index is -0.369. The Balaban J connectivity index is 1.30. The molecule has 0 saturated carbocycles. The minimum Gasteiger partial charge on any atom is -0.454 e. The third-order valence-corrected chi connectivity index (χ3v) is 6.50. The number of fused-ring (bicyclic) bond motifs is 1. The van der Waals surface area contributed by atoms with Crippen molar-refractivity contribution in [1.29, 1.82) is 0 Å². The lowest BCUT2D eigenvalue weighted by Crippen LogP contribution is -2.48. The van der Waals surface area contributed by atoms with Gasteiger partial charge < -0.3 is 14.4 Å². The molecule has 35 heavy (non-hydrogen) atoms. The van der Waals surface area contributed by atoms with E-state index in [0.717, 1.165) is 61.2 Å². The quantitative estimate of drug-likeness (QED) is 0.355. The standard InChI is InChI=1S/C24H29N7O4/c1-17(2)13-21(29-11-9-28(10-12-29)19-4-6-20(7-5-19)31(32)33)24-25-26-27-30(24)15-18-3-8-22-23(14-18)35-16-34-22/h3-8,14,17,21H,9-13,15-16H2,1-2H3/t21-/m0/s1. The number of aromatic nitrogens is 4. The van der Waals surface area contributed by atoms with Crippen molar-refractivity contribution in [3.63, 3.8) is 0 Å². The van der Waals surface area contributed by atoms with Gasteiger partial charge in [0.05, 0.1) is 17.5 Å². The summed E-state index contributed by atoms with van der Waals surface area (Å²) >= 11 is 0. The van der Waals surface area contributed by atoms with E-state index in [9.17, 15) is 10.1 Å². The first-order chi connectivity index (χ1) is 17.0. The van der Waals surface area contributed by atoms with Crippen molar-refractivity contribution in [2.24, 2.45) is 5.92 Å². The van der Waals surface area contributed by atoms with Crippen molar-refractivity contribution in [1.82, 2.24) is 25.1 Å². The Morgan fingerprint density at radius 2 is 1.77 bits per heavy atom. The fraction of sp³-hybridized carbons (Fsp3) is 0.458. The number of ether oxygens (including phenoxy) is 2. The van der Waals surface area contributed by atoms with Gasteiger partial charge in [0.1, 0.15) is 0 Å². The molecule has 0 N–H and O–H groups in total. The Bertz CT molecular complexity index is 1170. The molecule has 3 heterocycles. The van der Waals surface area contributed by atoms with E-state index < -0.39 is 0 Å². The van der Waals surface area contributed by atoms with Gasteiger partial charge in [-0.3, -0.25) is 15.0 Å². The van der Waals surface area contributed by atoms with E-state index >= 15 is 0 Å². The Hall–Kier alpha value is -3.73. The van der Waals surface area contributed by atoms with Crippen LogP contribution in [0.3, 0.4) is 0 Å². The summed E-state index contributed by atoms with van der Waals surface area (Å²) in [5.74, 6) is 2.84. The van der Waals surface area contributed by atoms with Crippen molar-refractivity contribution < 1.29 is 14.4 Å². The van der Waals surface area contributed by atoms with E-state index in [1.54, 1.807) is 12.1 Å². The van der Waals surface area contributed by atoms with Gasteiger partial charge in [-0.1, -0.05) is 19.9 Å². The van der Waals surface area contributed by atoms with Crippen LogP contribution >= 0.6 is 0 Å². The summed E-state index contributed by atoms with van der Waals surface area (Å²) < 4.78 is 12.8. The summed E-state index contributed by atoms with van der Waals surface area (Å²) in [6.45, 7) is 8.59. The van der Waals surface area contributed by atoms with Crippen LogP contribution in [0.25, 0.3) is 0 Å². The molecule has 2 aromatic carbocycles. The Labute approximate surface area is 203 Å². The fourth-order valence-corrected chi connectivity index (χ4v) is 4.72. The number of anilines is 1. The number of nitro benzene ring substituents is 1. The van der Waals surface area contributed by atoms with Crippen molar-refractivity contribution >= 4 is 11.4 Å². The first-order valence-corrected chi connectivity index (χ1v) is 11.9. The zero-order valence-corrected chi connectivity index (χ0v) is 19.9. The zero-order chi connectivity index (χ0) is 24.4. The topological polar surface area (TPSA) is 112 Å². The molecule has 0 spiro atoms. The predicted molar refractivity (Wildman–Crippen MR) is 129 cm³/mol. The summed E-state index contributed by atoms with van der Waals surface area (Å²) in [5.41, 5.74) is 2.16. The normalized spacial score (nSPS) is 16.6. The van der Waals surface area contributed by atoms with Crippen LogP contribution in [0.15, 0.2) is 42.5 Å². The van der Waals surface area contributed by atoms with E-state index in [4.69, 9.17) is 9.47 Å². The average molecular weight is 480 g/mol. The second kappa shape index (κ2) is 9.87. The summed E-state index contributed by atoms with van der Waals surface area (Å²) in [4.78, 5) is 15.3. The molecule has 1 aromatic heterocycles. The summed E-state index contributed by atoms with van der Waals surface area (Å²) in [7, 11) is 0. The van der Waals surface area contributed by atoms with Crippen LogP contribution in [0, 0.1) is 16.0 Å². The molecular weight excluding hydrogens is 450 g/mol. The Morgan fingerprint density at radius 1 is 1.03 bits per heavy atom. The number of hydrogen-bond donors (Lipinski definition) is 0. The van der Waals surface area contributed by atoms with Gasteiger partial charge in [-0.25, -0.2) is 4.68 Å². The summed E-state index contributed by atoms with van der Waals surface area (Å²) in [6.07, 6.45) is 0.943. The molecule has 1 saturated heterocycles. The average Bonchev–Trinajstić information content (AvgIpc) is 3.52. The molecule has 3 aromatic rings. The first-order valence-electron chi connectivity index (χ1n) is 11.9. The highest BCUT2D eigenvalue weighted by Gasteiger charge is 2.30. The molecule has 0 bridgehead atoms. The molecule has 11 nitrogen and oxygen atoms in total. The maximum atomic E-state index is 11.0. The predicted octanol–water partition coefficient (Wildman–Crippen LogP) is 3.27. The van der Waals surface area contributed by atoms with Gasteiger partial charge >= 0.3 is 0 Å². The number of nitrogens with zero attached hydrogens (tertiary/aromatic N) is 7. The second-order valence-electron chi connectivity index (χ2n) is 9.32. The van der Waals surface area contributed by atoms with Gasteiger partial charge in [0.15, 0.2) is 17.3 Å². The van der Waals surface area contributed by atoms with Crippen LogP contribution in [0.1, 0.15) is 37.7 Å². The lowest BCUT2D eigenvalue weighted by molar-refractivity contribution is -0.384. The Kier molecular flexibility index (Phi) is 6.49. The lowest BCUT2D eigenvalue weighted by atomic mass is 10.0. The molecule has 0 radical (unpaired) electrons. The lowest BCUT2D eigenvalue weighted by Gasteiger charge is -2.40. The van der Waals surface area contributed by atoms with Crippen molar-refractivity contribution in [3.05, 3.63) is 64.0 Å². The number of piperazine rings is 1. The smallest absolute Gasteiger partial charge is 0.269 e. The van der Waals surface area contributed by atoms with Crippen LogP contribution in [-0.4, -0.2) is 63.0 Å². The molecule has 1 atom stereocenters. The number of benzene rings is 2. The molecule has 5 rings (SSSR count). The minimum absolute atomic E-state index is 0.0954. The summed E-state index contributed by atoms with van der Waals surface area (Å²) in [6, 6.07) is 12.8. The molecular formula is C24H29N7O4. The highest BCUT2D eigenvalue weighted by atomic mass is 16.7. The van der Waals surface area contributed by atoms with E-state index in [-0.39, 0.29) is 23.4 Å². The fourth-order valence-electron chi connectivity index (χ4n) is 4.72. The van der Waals surface area contributed by atoms with Gasteiger partial charge in [0.25, 0.3) is 5.69 Å². The van der Waals surface area contributed by atoms with E-state index in [1.807, 2.05) is 35.0 Å². The molecule has 0 aliphatic carbocycles. The van der Waals surface area contributed by atoms with Crippen molar-refractivity contribution in [2.75, 3.05) is 37.9 Å². The third kappa shape index (κ3) is 5.04. The van der Waals surface area contributed by atoms with Gasteiger partial charge in [-0.2, -0.15) is 0 Å². The van der Waals surface area contributed by atoms with Crippen molar-refractivity contribution in [2.45, 2.75) is 32.9 Å². The molecule has 1 fully saturated rings.